The number of anilines is 1. The molecular formula is C23H21Cl2N3O5. The summed E-state index contributed by atoms with van der Waals surface area (Å²) in [4.78, 5) is 22.5. The van der Waals surface area contributed by atoms with Crippen LogP contribution >= 0.6 is 24.0 Å². The van der Waals surface area contributed by atoms with Crippen LogP contribution in [-0.2, 0) is 16.2 Å². The van der Waals surface area contributed by atoms with Crippen LogP contribution in [0.5, 0.6) is 11.6 Å². The zero-order valence-electron chi connectivity index (χ0n) is 17.5. The first-order valence-corrected chi connectivity index (χ1v) is 10.0. The Bertz CT molecular complexity index is 1260. The van der Waals surface area contributed by atoms with E-state index in [4.69, 9.17) is 31.8 Å². The third-order valence-corrected chi connectivity index (χ3v) is 5.08. The molecule has 0 aliphatic carbocycles. The molecule has 172 valence electrons. The smallest absolute Gasteiger partial charge is 0.342 e. The van der Waals surface area contributed by atoms with Crippen molar-refractivity contribution in [2.75, 3.05) is 12.8 Å². The summed E-state index contributed by atoms with van der Waals surface area (Å²) in [5.41, 5.74) is 8.61. The monoisotopic (exact) mass is 489 g/mol. The molecule has 0 aliphatic rings. The van der Waals surface area contributed by atoms with Crippen molar-refractivity contribution in [1.29, 1.82) is 0 Å². The highest BCUT2D eigenvalue weighted by Gasteiger charge is 2.24. The Morgan fingerprint density at radius 3 is 2.58 bits per heavy atom. The molecule has 0 aliphatic heterocycles. The highest BCUT2D eigenvalue weighted by Crippen LogP contribution is 2.31. The second kappa shape index (κ2) is 10.4. The van der Waals surface area contributed by atoms with Gasteiger partial charge < -0.3 is 20.5 Å². The normalized spacial score (nSPS) is 11.6. The van der Waals surface area contributed by atoms with Gasteiger partial charge in [0.15, 0.2) is 0 Å². The number of methoxy groups -OCH3 is 1. The molecule has 1 heterocycles. The van der Waals surface area contributed by atoms with Gasteiger partial charge in [-0.1, -0.05) is 35.9 Å². The summed E-state index contributed by atoms with van der Waals surface area (Å²) < 4.78 is 7.03. The van der Waals surface area contributed by atoms with E-state index in [1.807, 2.05) is 24.3 Å². The SMILES string of the molecule is COc1ccc2c(c1)c(OOC(C(=O)O)c1ccc(Cl)cc1)nn2Cc1cccc(N)c1.Cl. The number of hydrogen-bond donors (Lipinski definition) is 2. The van der Waals surface area contributed by atoms with Crippen LogP contribution < -0.4 is 15.4 Å². The number of aromatic nitrogens is 2. The van der Waals surface area contributed by atoms with Gasteiger partial charge in [-0.05, 0) is 53.6 Å². The average Bonchev–Trinajstić information content (AvgIpc) is 3.11. The van der Waals surface area contributed by atoms with E-state index in [2.05, 4.69) is 5.10 Å². The van der Waals surface area contributed by atoms with Crippen molar-refractivity contribution in [3.63, 3.8) is 0 Å². The largest absolute Gasteiger partial charge is 0.497 e. The first-order chi connectivity index (χ1) is 15.4. The lowest BCUT2D eigenvalue weighted by Crippen LogP contribution is -2.17. The van der Waals surface area contributed by atoms with Crippen molar-refractivity contribution in [1.82, 2.24) is 9.78 Å². The number of benzene rings is 3. The molecule has 10 heteroatoms. The first-order valence-electron chi connectivity index (χ1n) is 9.65. The minimum atomic E-state index is -1.37. The van der Waals surface area contributed by atoms with Gasteiger partial charge in [0, 0.05) is 10.7 Å². The van der Waals surface area contributed by atoms with E-state index in [0.717, 1.165) is 11.1 Å². The predicted molar refractivity (Wildman–Crippen MR) is 127 cm³/mol. The molecule has 0 fully saturated rings. The van der Waals surface area contributed by atoms with E-state index in [1.54, 1.807) is 54.3 Å². The molecule has 0 saturated heterocycles. The lowest BCUT2D eigenvalue weighted by molar-refractivity contribution is -0.251. The van der Waals surface area contributed by atoms with Crippen molar-refractivity contribution < 1.29 is 24.4 Å². The van der Waals surface area contributed by atoms with Crippen molar-refractivity contribution in [2.45, 2.75) is 12.6 Å². The molecule has 0 amide bonds. The van der Waals surface area contributed by atoms with Gasteiger partial charge in [0.2, 0.25) is 6.10 Å². The summed E-state index contributed by atoms with van der Waals surface area (Å²) in [6, 6.07) is 19.1. The van der Waals surface area contributed by atoms with Gasteiger partial charge in [-0.15, -0.1) is 17.5 Å². The van der Waals surface area contributed by atoms with Gasteiger partial charge in [0.1, 0.15) is 5.75 Å². The quantitative estimate of drug-likeness (QED) is 0.206. The van der Waals surface area contributed by atoms with Crippen LogP contribution in [0.2, 0.25) is 5.02 Å². The Labute approximate surface area is 200 Å². The molecule has 4 rings (SSSR count). The maximum atomic E-state index is 11.8. The zero-order chi connectivity index (χ0) is 22.7. The number of hydrogen-bond acceptors (Lipinski definition) is 6. The molecule has 8 nitrogen and oxygen atoms in total. The summed E-state index contributed by atoms with van der Waals surface area (Å²) in [5.74, 6) is -0.505. The highest BCUT2D eigenvalue weighted by molar-refractivity contribution is 6.30. The van der Waals surface area contributed by atoms with Crippen LogP contribution in [0, 0.1) is 0 Å². The topological polar surface area (TPSA) is 109 Å². The Hall–Kier alpha value is -3.46. The molecule has 3 aromatic carbocycles. The third-order valence-electron chi connectivity index (χ3n) is 4.83. The number of aliphatic carboxylic acids is 1. The molecular weight excluding hydrogens is 469 g/mol. The van der Waals surface area contributed by atoms with Gasteiger partial charge in [0.05, 0.1) is 24.6 Å². The second-order valence-electron chi connectivity index (χ2n) is 7.04. The van der Waals surface area contributed by atoms with Crippen molar-refractivity contribution in [3.8, 4) is 11.6 Å². The Morgan fingerprint density at radius 1 is 1.15 bits per heavy atom. The minimum absolute atomic E-state index is 0. The van der Waals surface area contributed by atoms with E-state index in [9.17, 15) is 9.90 Å². The van der Waals surface area contributed by atoms with Gasteiger partial charge in [-0.3, -0.25) is 4.68 Å². The number of nitrogens with zero attached hydrogens (tertiary/aromatic N) is 2. The molecule has 4 aromatic rings. The van der Waals surface area contributed by atoms with Gasteiger partial charge in [0.25, 0.3) is 5.88 Å². The molecule has 0 radical (unpaired) electrons. The lowest BCUT2D eigenvalue weighted by atomic mass is 10.1. The van der Waals surface area contributed by atoms with Crippen LogP contribution in [0.25, 0.3) is 10.9 Å². The number of carboxylic acid groups (broad SMARTS) is 1. The number of carboxylic acids is 1. The van der Waals surface area contributed by atoms with Crippen molar-refractivity contribution in [3.05, 3.63) is 82.9 Å². The molecule has 1 atom stereocenters. The van der Waals surface area contributed by atoms with E-state index >= 15 is 0 Å². The van der Waals surface area contributed by atoms with E-state index in [1.165, 1.54) is 0 Å². The van der Waals surface area contributed by atoms with Crippen molar-refractivity contribution >= 4 is 46.6 Å². The molecule has 33 heavy (non-hydrogen) atoms. The van der Waals surface area contributed by atoms with Crippen LogP contribution in [0.4, 0.5) is 5.69 Å². The average molecular weight is 490 g/mol. The summed E-state index contributed by atoms with van der Waals surface area (Å²) in [7, 11) is 1.55. The van der Waals surface area contributed by atoms with E-state index in [-0.39, 0.29) is 18.3 Å². The summed E-state index contributed by atoms with van der Waals surface area (Å²) in [5, 5.41) is 15.2. The fraction of sp³-hybridized carbons (Fsp3) is 0.130. The lowest BCUT2D eigenvalue weighted by Gasteiger charge is -2.12. The fourth-order valence-corrected chi connectivity index (χ4v) is 3.40. The van der Waals surface area contributed by atoms with E-state index in [0.29, 0.717) is 34.0 Å². The Kier molecular flexibility index (Phi) is 7.65. The Balaban J connectivity index is 0.00000306. The number of halogens is 2. The fourth-order valence-electron chi connectivity index (χ4n) is 3.27. The minimum Gasteiger partial charge on any atom is -0.497 e. The summed E-state index contributed by atoms with van der Waals surface area (Å²) in [6.45, 7) is 0.427. The zero-order valence-corrected chi connectivity index (χ0v) is 19.0. The summed E-state index contributed by atoms with van der Waals surface area (Å²) >= 11 is 5.89. The summed E-state index contributed by atoms with van der Waals surface area (Å²) in [6.07, 6.45) is -1.37. The maximum Gasteiger partial charge on any atom is 0.342 e. The number of nitrogen functional groups attached to an aromatic ring is 1. The second-order valence-corrected chi connectivity index (χ2v) is 7.48. The highest BCUT2D eigenvalue weighted by atomic mass is 35.5. The standard InChI is InChI=1S/C23H20ClN3O5.ClH/c1-30-18-9-10-20-19(12-18)22(26-27(20)13-14-3-2-4-17(25)11-14)32-31-21(23(28)29)15-5-7-16(24)8-6-15;/h2-12,21H,13,25H2,1H3,(H,28,29);1H. The Morgan fingerprint density at radius 2 is 1.91 bits per heavy atom. The molecule has 0 bridgehead atoms. The third kappa shape index (κ3) is 5.48. The number of rotatable bonds is 8. The van der Waals surface area contributed by atoms with E-state index < -0.39 is 12.1 Å². The number of fused-ring (bicyclic) bond motifs is 1. The molecule has 0 spiro atoms. The van der Waals surface area contributed by atoms with Gasteiger partial charge in [-0.2, -0.15) is 4.89 Å². The van der Waals surface area contributed by atoms with Gasteiger partial charge >= 0.3 is 5.97 Å². The number of carbonyl (C=O) groups is 1. The number of nitrogens with two attached hydrogens (primary N) is 1. The number of ether oxygens (including phenoxy) is 1. The van der Waals surface area contributed by atoms with Crippen LogP contribution in [-0.4, -0.2) is 28.0 Å². The first kappa shape index (κ1) is 24.2. The molecule has 1 aromatic heterocycles. The molecule has 1 unspecified atom stereocenters. The van der Waals surface area contributed by atoms with Gasteiger partial charge in [-0.25, -0.2) is 4.79 Å². The molecule has 0 saturated carbocycles. The van der Waals surface area contributed by atoms with Crippen molar-refractivity contribution in [2.24, 2.45) is 0 Å². The molecule has 3 N–H and O–H groups in total. The maximum absolute atomic E-state index is 11.8. The predicted octanol–water partition coefficient (Wildman–Crippen LogP) is 4.89. The van der Waals surface area contributed by atoms with Crippen LogP contribution in [0.1, 0.15) is 17.2 Å². The van der Waals surface area contributed by atoms with Crippen LogP contribution in [0.15, 0.2) is 66.7 Å². The van der Waals surface area contributed by atoms with Crippen LogP contribution in [0.3, 0.4) is 0 Å².